The van der Waals surface area contributed by atoms with Gasteiger partial charge in [-0.05, 0) is 30.5 Å². The lowest BCUT2D eigenvalue weighted by atomic mass is 10.2. The van der Waals surface area contributed by atoms with Crippen LogP contribution in [0.4, 0.5) is 0 Å². The average molecular weight is 210 g/mol. The topological polar surface area (TPSA) is 34.4 Å². The van der Waals surface area contributed by atoms with Gasteiger partial charge < -0.3 is 0 Å². The van der Waals surface area contributed by atoms with Gasteiger partial charge in [-0.15, -0.1) is 0 Å². The molecule has 0 aliphatic heterocycles. The van der Waals surface area contributed by atoms with Crippen molar-refractivity contribution in [2.24, 2.45) is 0 Å². The maximum atomic E-state index is 11.1. The van der Waals surface area contributed by atoms with Crippen molar-refractivity contribution in [3.8, 4) is 0 Å². The molecule has 2 heterocycles. The fourth-order valence-electron chi connectivity index (χ4n) is 2.06. The molecule has 0 amide bonds. The summed E-state index contributed by atoms with van der Waals surface area (Å²) in [6, 6.07) is 11.9. The van der Waals surface area contributed by atoms with Gasteiger partial charge >= 0.3 is 0 Å². The first kappa shape index (κ1) is 9.09. The van der Waals surface area contributed by atoms with E-state index in [1.54, 1.807) is 0 Å². The fraction of sp³-hybridized carbons (Fsp3) is 0.0769. The summed E-state index contributed by atoms with van der Waals surface area (Å²) in [5, 5.41) is 1.11. The average Bonchev–Trinajstić information content (AvgIpc) is 2.65. The number of hydrogen-bond acceptors (Lipinski definition) is 2. The Hall–Kier alpha value is -2.16. The van der Waals surface area contributed by atoms with Gasteiger partial charge in [0.05, 0.1) is 11.2 Å². The van der Waals surface area contributed by atoms with E-state index in [1.807, 2.05) is 47.7 Å². The predicted molar refractivity (Wildman–Crippen MR) is 62.8 cm³/mol. The lowest BCUT2D eigenvalue weighted by molar-refractivity contribution is 0.111. The van der Waals surface area contributed by atoms with Gasteiger partial charge in [-0.1, -0.05) is 18.2 Å². The lowest BCUT2D eigenvalue weighted by Crippen LogP contribution is -1.93. The molecule has 0 saturated carbocycles. The molecule has 0 saturated heterocycles. The van der Waals surface area contributed by atoms with Crippen LogP contribution in [0.5, 0.6) is 0 Å². The van der Waals surface area contributed by atoms with Gasteiger partial charge in [0.1, 0.15) is 11.3 Å². The highest BCUT2D eigenvalue weighted by Gasteiger charge is 2.09. The van der Waals surface area contributed by atoms with Crippen LogP contribution in [-0.4, -0.2) is 15.7 Å². The zero-order valence-corrected chi connectivity index (χ0v) is 8.84. The van der Waals surface area contributed by atoms with E-state index in [4.69, 9.17) is 0 Å². The second-order valence-electron chi connectivity index (χ2n) is 3.79. The number of para-hydroxylation sites is 1. The van der Waals surface area contributed by atoms with E-state index < -0.39 is 0 Å². The summed E-state index contributed by atoms with van der Waals surface area (Å²) in [5.74, 6) is 0. The number of rotatable bonds is 1. The molecule has 3 nitrogen and oxygen atoms in total. The molecule has 3 heteroatoms. The Labute approximate surface area is 92.3 Å². The predicted octanol–water partition coefficient (Wildman–Crippen LogP) is 2.61. The summed E-state index contributed by atoms with van der Waals surface area (Å²) in [6.07, 6.45) is 0.863. The standard InChI is InChI=1S/C13H10N2O/c1-9-12(8-16)15-11-5-3-2-4-10(11)6-7-13(15)14-9/h2-8H,1H3. The summed E-state index contributed by atoms with van der Waals surface area (Å²) in [7, 11) is 0. The van der Waals surface area contributed by atoms with Crippen molar-refractivity contribution in [3.05, 3.63) is 47.8 Å². The van der Waals surface area contributed by atoms with Crippen molar-refractivity contribution in [3.63, 3.8) is 0 Å². The molecule has 3 rings (SSSR count). The van der Waals surface area contributed by atoms with Crippen LogP contribution in [0.25, 0.3) is 16.6 Å². The normalized spacial score (nSPS) is 11.1. The number of carbonyl (C=O) groups is 1. The summed E-state index contributed by atoms with van der Waals surface area (Å²) in [4.78, 5) is 15.5. The Morgan fingerprint density at radius 2 is 2.00 bits per heavy atom. The molecule has 16 heavy (non-hydrogen) atoms. The molecule has 0 spiro atoms. The second kappa shape index (κ2) is 3.17. The molecular formula is C13H10N2O. The molecule has 3 aromatic rings. The summed E-state index contributed by atoms with van der Waals surface area (Å²) < 4.78 is 1.90. The maximum Gasteiger partial charge on any atom is 0.168 e. The first-order chi connectivity index (χ1) is 7.81. The molecule has 0 fully saturated rings. The molecular weight excluding hydrogens is 200 g/mol. The molecule has 78 valence electrons. The Balaban J connectivity index is 2.62. The number of aldehydes is 1. The number of fused-ring (bicyclic) bond motifs is 3. The number of nitrogens with zero attached hydrogens (tertiary/aromatic N) is 2. The van der Waals surface area contributed by atoms with Crippen molar-refractivity contribution in [1.82, 2.24) is 9.38 Å². The van der Waals surface area contributed by atoms with Gasteiger partial charge in [-0.2, -0.15) is 0 Å². The summed E-state index contributed by atoms with van der Waals surface area (Å²) in [6.45, 7) is 1.85. The zero-order valence-electron chi connectivity index (χ0n) is 8.84. The Morgan fingerprint density at radius 3 is 2.81 bits per heavy atom. The minimum Gasteiger partial charge on any atom is -0.296 e. The number of benzene rings is 1. The van der Waals surface area contributed by atoms with E-state index in [0.717, 1.165) is 28.5 Å². The second-order valence-corrected chi connectivity index (χ2v) is 3.79. The van der Waals surface area contributed by atoms with Crippen LogP contribution in [0.1, 0.15) is 16.2 Å². The van der Waals surface area contributed by atoms with Crippen LogP contribution < -0.4 is 0 Å². The molecule has 1 aromatic carbocycles. The van der Waals surface area contributed by atoms with Gasteiger partial charge in [0.25, 0.3) is 0 Å². The molecule has 0 aliphatic rings. The monoisotopic (exact) mass is 210 g/mol. The number of aryl methyl sites for hydroxylation is 1. The Morgan fingerprint density at radius 1 is 1.19 bits per heavy atom. The van der Waals surface area contributed by atoms with E-state index in [9.17, 15) is 4.79 Å². The van der Waals surface area contributed by atoms with E-state index in [2.05, 4.69) is 4.98 Å². The van der Waals surface area contributed by atoms with E-state index >= 15 is 0 Å². The Kier molecular flexibility index (Phi) is 1.80. The van der Waals surface area contributed by atoms with Gasteiger partial charge in [-0.3, -0.25) is 9.20 Å². The van der Waals surface area contributed by atoms with Crippen molar-refractivity contribution in [1.29, 1.82) is 0 Å². The maximum absolute atomic E-state index is 11.1. The molecule has 2 aromatic heterocycles. The van der Waals surface area contributed by atoms with Gasteiger partial charge in [0.15, 0.2) is 6.29 Å². The van der Waals surface area contributed by atoms with E-state index in [0.29, 0.717) is 5.69 Å². The zero-order chi connectivity index (χ0) is 11.1. The number of pyridine rings is 1. The third-order valence-electron chi connectivity index (χ3n) is 2.82. The number of aromatic nitrogens is 2. The fourth-order valence-corrected chi connectivity index (χ4v) is 2.06. The van der Waals surface area contributed by atoms with E-state index in [-0.39, 0.29) is 0 Å². The quantitative estimate of drug-likeness (QED) is 0.578. The lowest BCUT2D eigenvalue weighted by Gasteiger charge is -2.02. The van der Waals surface area contributed by atoms with Crippen LogP contribution in [0.2, 0.25) is 0 Å². The highest BCUT2D eigenvalue weighted by Crippen LogP contribution is 2.19. The summed E-state index contributed by atoms with van der Waals surface area (Å²) in [5.41, 5.74) is 3.24. The van der Waals surface area contributed by atoms with Crippen molar-refractivity contribution in [2.75, 3.05) is 0 Å². The van der Waals surface area contributed by atoms with Crippen LogP contribution in [0.15, 0.2) is 36.4 Å². The van der Waals surface area contributed by atoms with E-state index in [1.165, 1.54) is 0 Å². The molecule has 0 atom stereocenters. The van der Waals surface area contributed by atoms with Crippen LogP contribution >= 0.6 is 0 Å². The first-order valence-electron chi connectivity index (χ1n) is 5.13. The third kappa shape index (κ3) is 1.08. The summed E-state index contributed by atoms with van der Waals surface area (Å²) >= 11 is 0. The van der Waals surface area contributed by atoms with Crippen LogP contribution in [0, 0.1) is 6.92 Å². The van der Waals surface area contributed by atoms with Crippen LogP contribution in [0.3, 0.4) is 0 Å². The highest BCUT2D eigenvalue weighted by atomic mass is 16.1. The number of imidazole rings is 1. The van der Waals surface area contributed by atoms with Gasteiger partial charge in [0, 0.05) is 0 Å². The SMILES string of the molecule is Cc1nc2ccc3ccccc3n2c1C=O. The van der Waals surface area contributed by atoms with Crippen LogP contribution in [-0.2, 0) is 0 Å². The Bertz CT molecular complexity index is 698. The minimum atomic E-state index is 0.631. The highest BCUT2D eigenvalue weighted by molar-refractivity contribution is 5.86. The third-order valence-corrected chi connectivity index (χ3v) is 2.82. The minimum absolute atomic E-state index is 0.631. The molecule has 0 N–H and O–H groups in total. The molecule has 0 unspecified atom stereocenters. The number of hydrogen-bond donors (Lipinski definition) is 0. The largest absolute Gasteiger partial charge is 0.296 e. The van der Waals surface area contributed by atoms with Gasteiger partial charge in [0.2, 0.25) is 0 Å². The molecule has 0 aliphatic carbocycles. The van der Waals surface area contributed by atoms with Gasteiger partial charge in [-0.25, -0.2) is 4.98 Å². The van der Waals surface area contributed by atoms with Crippen molar-refractivity contribution < 1.29 is 4.79 Å². The number of carbonyl (C=O) groups excluding carboxylic acids is 1. The first-order valence-corrected chi connectivity index (χ1v) is 5.13. The van der Waals surface area contributed by atoms with Crippen molar-refractivity contribution >= 4 is 22.8 Å². The smallest absolute Gasteiger partial charge is 0.168 e. The molecule has 0 radical (unpaired) electrons. The molecule has 0 bridgehead atoms. The van der Waals surface area contributed by atoms with Crippen molar-refractivity contribution in [2.45, 2.75) is 6.92 Å².